The summed E-state index contributed by atoms with van der Waals surface area (Å²) in [5.41, 5.74) is 1.76. The Morgan fingerprint density at radius 3 is 2.78 bits per heavy atom. The molecule has 1 amide bonds. The molecule has 1 atom stereocenters. The normalized spacial score (nSPS) is 19.2. The SMILES string of the molecule is O=C(c1cccc2c1OCO2)N1CCCC1c1ccc(Br)cc1. The van der Waals surface area contributed by atoms with Crippen molar-refractivity contribution in [2.45, 2.75) is 18.9 Å². The summed E-state index contributed by atoms with van der Waals surface area (Å²) < 4.78 is 11.9. The highest BCUT2D eigenvalue weighted by atomic mass is 79.9. The van der Waals surface area contributed by atoms with Gasteiger partial charge in [0, 0.05) is 11.0 Å². The Labute approximate surface area is 143 Å². The maximum Gasteiger partial charge on any atom is 0.258 e. The molecule has 4 nitrogen and oxygen atoms in total. The van der Waals surface area contributed by atoms with E-state index in [4.69, 9.17) is 9.47 Å². The van der Waals surface area contributed by atoms with E-state index in [0.29, 0.717) is 17.1 Å². The van der Waals surface area contributed by atoms with Crippen LogP contribution < -0.4 is 9.47 Å². The summed E-state index contributed by atoms with van der Waals surface area (Å²) in [6, 6.07) is 13.8. The van der Waals surface area contributed by atoms with Gasteiger partial charge in [-0.05, 0) is 42.7 Å². The van der Waals surface area contributed by atoms with Crippen molar-refractivity contribution in [3.8, 4) is 11.5 Å². The van der Waals surface area contributed by atoms with Crippen molar-refractivity contribution in [1.82, 2.24) is 4.90 Å². The molecule has 0 bridgehead atoms. The number of hydrogen-bond donors (Lipinski definition) is 0. The Morgan fingerprint density at radius 2 is 1.96 bits per heavy atom. The quantitative estimate of drug-likeness (QED) is 0.793. The van der Waals surface area contributed by atoms with Crippen LogP contribution in [-0.4, -0.2) is 24.1 Å². The Balaban J connectivity index is 1.65. The van der Waals surface area contributed by atoms with Crippen molar-refractivity contribution < 1.29 is 14.3 Å². The lowest BCUT2D eigenvalue weighted by atomic mass is 10.0. The predicted octanol–water partition coefficient (Wildman–Crippen LogP) is 4.16. The summed E-state index contributed by atoms with van der Waals surface area (Å²) in [6.45, 7) is 0.944. The molecule has 1 fully saturated rings. The molecule has 4 rings (SSSR count). The van der Waals surface area contributed by atoms with Gasteiger partial charge in [-0.15, -0.1) is 0 Å². The van der Waals surface area contributed by atoms with Crippen LogP contribution in [-0.2, 0) is 0 Å². The first-order valence-corrected chi connectivity index (χ1v) is 8.48. The van der Waals surface area contributed by atoms with Gasteiger partial charge in [-0.25, -0.2) is 0 Å². The molecule has 2 aliphatic heterocycles. The zero-order valence-corrected chi connectivity index (χ0v) is 14.1. The molecular weight excluding hydrogens is 358 g/mol. The second kappa shape index (κ2) is 5.89. The van der Waals surface area contributed by atoms with Crippen molar-refractivity contribution >= 4 is 21.8 Å². The van der Waals surface area contributed by atoms with E-state index in [1.54, 1.807) is 0 Å². The van der Waals surface area contributed by atoms with Gasteiger partial charge in [0.2, 0.25) is 6.79 Å². The maximum atomic E-state index is 13.0. The molecule has 0 N–H and O–H groups in total. The lowest BCUT2D eigenvalue weighted by molar-refractivity contribution is 0.0731. The summed E-state index contributed by atoms with van der Waals surface area (Å²) in [7, 11) is 0. The summed E-state index contributed by atoms with van der Waals surface area (Å²) in [5.74, 6) is 1.23. The second-order valence-electron chi connectivity index (χ2n) is 5.75. The van der Waals surface area contributed by atoms with Crippen LogP contribution in [0, 0.1) is 0 Å². The molecule has 0 spiro atoms. The Morgan fingerprint density at radius 1 is 1.13 bits per heavy atom. The molecular formula is C18H16BrNO3. The summed E-state index contributed by atoms with van der Waals surface area (Å²) in [6.07, 6.45) is 2.00. The van der Waals surface area contributed by atoms with Gasteiger partial charge in [0.05, 0.1) is 11.6 Å². The largest absolute Gasteiger partial charge is 0.454 e. The smallest absolute Gasteiger partial charge is 0.258 e. The number of likely N-dealkylation sites (tertiary alicyclic amines) is 1. The fourth-order valence-electron chi connectivity index (χ4n) is 3.29. The summed E-state index contributed by atoms with van der Waals surface area (Å²) in [5, 5.41) is 0. The first kappa shape index (κ1) is 14.6. The van der Waals surface area contributed by atoms with E-state index in [1.165, 1.54) is 5.56 Å². The molecule has 0 saturated carbocycles. The first-order chi connectivity index (χ1) is 11.2. The van der Waals surface area contributed by atoms with E-state index >= 15 is 0 Å². The standard InChI is InChI=1S/C18H16BrNO3/c19-13-8-6-12(7-9-13)15-4-2-10-20(15)18(21)14-3-1-5-16-17(14)23-11-22-16/h1,3,5-9,15H,2,4,10-11H2. The third-order valence-corrected chi connectivity index (χ3v) is 4.92. The van der Waals surface area contributed by atoms with Gasteiger partial charge in [-0.1, -0.05) is 34.1 Å². The minimum absolute atomic E-state index is 0.0118. The number of halogens is 1. The molecule has 2 heterocycles. The minimum Gasteiger partial charge on any atom is -0.454 e. The monoisotopic (exact) mass is 373 g/mol. The molecule has 2 aromatic rings. The van der Waals surface area contributed by atoms with Gasteiger partial charge < -0.3 is 14.4 Å². The van der Waals surface area contributed by atoms with Crippen LogP contribution in [0.5, 0.6) is 11.5 Å². The minimum atomic E-state index is 0.0118. The molecule has 5 heteroatoms. The molecule has 1 unspecified atom stereocenters. The van der Waals surface area contributed by atoms with Crippen molar-refractivity contribution in [3.63, 3.8) is 0 Å². The van der Waals surface area contributed by atoms with Gasteiger partial charge in [0.1, 0.15) is 0 Å². The molecule has 118 valence electrons. The Hall–Kier alpha value is -2.01. The number of fused-ring (bicyclic) bond motifs is 1. The van der Waals surface area contributed by atoms with E-state index < -0.39 is 0 Å². The number of carbonyl (C=O) groups excluding carboxylic acids is 1. The van der Waals surface area contributed by atoms with Gasteiger partial charge in [0.25, 0.3) is 5.91 Å². The Bertz CT molecular complexity index is 744. The van der Waals surface area contributed by atoms with E-state index in [2.05, 4.69) is 28.1 Å². The summed E-state index contributed by atoms with van der Waals surface area (Å²) in [4.78, 5) is 15.0. The van der Waals surface area contributed by atoms with Crippen molar-refractivity contribution in [2.75, 3.05) is 13.3 Å². The lowest BCUT2D eigenvalue weighted by Gasteiger charge is -2.25. The van der Waals surface area contributed by atoms with Crippen molar-refractivity contribution in [2.24, 2.45) is 0 Å². The van der Waals surface area contributed by atoms with Crippen LogP contribution >= 0.6 is 15.9 Å². The third kappa shape index (κ3) is 2.59. The molecule has 0 aliphatic carbocycles. The summed E-state index contributed by atoms with van der Waals surface area (Å²) >= 11 is 3.46. The number of rotatable bonds is 2. The maximum absolute atomic E-state index is 13.0. The fraction of sp³-hybridized carbons (Fsp3) is 0.278. The topological polar surface area (TPSA) is 38.8 Å². The molecule has 2 aliphatic rings. The van der Waals surface area contributed by atoms with Crippen LogP contribution in [0.25, 0.3) is 0 Å². The van der Waals surface area contributed by atoms with Gasteiger partial charge in [-0.2, -0.15) is 0 Å². The third-order valence-electron chi connectivity index (χ3n) is 4.40. The number of ether oxygens (including phenoxy) is 2. The van der Waals surface area contributed by atoms with Crippen LogP contribution in [0.15, 0.2) is 46.9 Å². The number of carbonyl (C=O) groups is 1. The molecule has 0 radical (unpaired) electrons. The van der Waals surface area contributed by atoms with Crippen LogP contribution in [0.2, 0.25) is 0 Å². The number of para-hydroxylation sites is 1. The molecule has 0 aromatic heterocycles. The molecule has 23 heavy (non-hydrogen) atoms. The Kier molecular flexibility index (Phi) is 3.73. The highest BCUT2D eigenvalue weighted by Gasteiger charge is 2.33. The van der Waals surface area contributed by atoms with Crippen molar-refractivity contribution in [3.05, 3.63) is 58.1 Å². The average molecular weight is 374 g/mol. The van der Waals surface area contributed by atoms with Crippen LogP contribution in [0.1, 0.15) is 34.8 Å². The highest BCUT2D eigenvalue weighted by Crippen LogP contribution is 2.39. The van der Waals surface area contributed by atoms with Gasteiger partial charge in [-0.3, -0.25) is 4.79 Å². The van der Waals surface area contributed by atoms with Crippen molar-refractivity contribution in [1.29, 1.82) is 0 Å². The molecule has 1 saturated heterocycles. The van der Waals surface area contributed by atoms with Crippen LogP contribution in [0.4, 0.5) is 0 Å². The number of nitrogens with zero attached hydrogens (tertiary/aromatic N) is 1. The van der Waals surface area contributed by atoms with Gasteiger partial charge in [0.15, 0.2) is 11.5 Å². The number of benzene rings is 2. The lowest BCUT2D eigenvalue weighted by Crippen LogP contribution is -2.30. The second-order valence-corrected chi connectivity index (χ2v) is 6.66. The predicted molar refractivity (Wildman–Crippen MR) is 89.7 cm³/mol. The van der Waals surface area contributed by atoms with E-state index in [0.717, 1.165) is 23.9 Å². The molecule has 2 aromatic carbocycles. The zero-order chi connectivity index (χ0) is 15.8. The van der Waals surface area contributed by atoms with Crippen LogP contribution in [0.3, 0.4) is 0 Å². The number of amides is 1. The number of hydrogen-bond acceptors (Lipinski definition) is 3. The zero-order valence-electron chi connectivity index (χ0n) is 12.5. The van der Waals surface area contributed by atoms with Gasteiger partial charge >= 0.3 is 0 Å². The van der Waals surface area contributed by atoms with E-state index in [9.17, 15) is 4.79 Å². The van der Waals surface area contributed by atoms with E-state index in [-0.39, 0.29) is 18.7 Å². The average Bonchev–Trinajstić information content (AvgIpc) is 3.23. The first-order valence-electron chi connectivity index (χ1n) is 7.69. The van der Waals surface area contributed by atoms with E-state index in [1.807, 2.05) is 35.2 Å². The highest BCUT2D eigenvalue weighted by molar-refractivity contribution is 9.10. The fourth-order valence-corrected chi connectivity index (χ4v) is 3.56.